The van der Waals surface area contributed by atoms with Gasteiger partial charge in [-0.1, -0.05) is 50.2 Å². The summed E-state index contributed by atoms with van der Waals surface area (Å²) in [6.07, 6.45) is -2.30. The molecule has 0 spiro atoms. The van der Waals surface area contributed by atoms with Crippen molar-refractivity contribution in [2.24, 2.45) is 0 Å². The van der Waals surface area contributed by atoms with Gasteiger partial charge in [0.05, 0.1) is 12.0 Å². The Morgan fingerprint density at radius 2 is 1.69 bits per heavy atom. The van der Waals surface area contributed by atoms with Gasteiger partial charge in [-0.05, 0) is 54.3 Å². The number of carbonyl (C=O) groups excluding carboxylic acids is 1. The zero-order chi connectivity index (χ0) is 28.2. The monoisotopic (exact) mass is 538 g/mol. The third-order valence-electron chi connectivity index (χ3n) is 5.67. The van der Waals surface area contributed by atoms with Crippen LogP contribution in [-0.4, -0.2) is 12.6 Å². The van der Waals surface area contributed by atoms with Crippen LogP contribution in [0.1, 0.15) is 43.6 Å². The number of halogens is 3. The molecule has 9 heteroatoms. The smallest absolute Gasteiger partial charge is 0.453 e. The van der Waals surface area contributed by atoms with Crippen LogP contribution in [0.15, 0.2) is 82.0 Å². The van der Waals surface area contributed by atoms with E-state index >= 15 is 0 Å². The molecule has 6 nitrogen and oxygen atoms in total. The predicted octanol–water partition coefficient (Wildman–Crippen LogP) is 7.75. The number of alkyl halides is 3. The number of fused-ring (bicyclic) bond motifs is 1. The third-order valence-corrected chi connectivity index (χ3v) is 5.67. The maximum Gasteiger partial charge on any atom is 0.453 e. The third kappa shape index (κ3) is 6.49. The second-order valence-corrected chi connectivity index (χ2v) is 8.80. The molecule has 39 heavy (non-hydrogen) atoms. The molecule has 4 rings (SSSR count). The van der Waals surface area contributed by atoms with Gasteiger partial charge in [-0.3, -0.25) is 4.79 Å². The second-order valence-electron chi connectivity index (χ2n) is 8.80. The quantitative estimate of drug-likeness (QED) is 0.130. The Morgan fingerprint density at radius 1 is 1.00 bits per heavy atom. The standard InChI is InChI=1S/C30H25F3O6/c1-4-36-23-7-5-6-8-24(23)38-28-27(35)22-15-14-21(17-25(22)39-29(28)30(31,32)33)37-26(34)16-11-19-9-12-20(13-10-19)18(2)3/h5-18H,4H2,1-3H3/b16-11+. The molecule has 0 bridgehead atoms. The molecule has 0 amide bonds. The maximum atomic E-state index is 13.9. The van der Waals surface area contributed by atoms with Crippen LogP contribution in [0.3, 0.4) is 0 Å². The zero-order valence-electron chi connectivity index (χ0n) is 21.4. The van der Waals surface area contributed by atoms with E-state index in [2.05, 4.69) is 13.8 Å². The fourth-order valence-corrected chi connectivity index (χ4v) is 3.72. The van der Waals surface area contributed by atoms with E-state index in [1.165, 1.54) is 36.4 Å². The first-order valence-electron chi connectivity index (χ1n) is 12.1. The Bertz CT molecular complexity index is 1570. The number of carbonyl (C=O) groups is 1. The number of hydrogen-bond acceptors (Lipinski definition) is 6. The van der Waals surface area contributed by atoms with Crippen molar-refractivity contribution in [2.75, 3.05) is 6.61 Å². The van der Waals surface area contributed by atoms with Gasteiger partial charge in [0, 0.05) is 12.1 Å². The Morgan fingerprint density at radius 3 is 2.33 bits per heavy atom. The van der Waals surface area contributed by atoms with Crippen molar-refractivity contribution in [2.45, 2.75) is 32.9 Å². The molecular formula is C30H25F3O6. The summed E-state index contributed by atoms with van der Waals surface area (Å²) in [5.74, 6) is -3.05. The van der Waals surface area contributed by atoms with Gasteiger partial charge < -0.3 is 18.6 Å². The first kappa shape index (κ1) is 27.5. The molecule has 0 saturated heterocycles. The van der Waals surface area contributed by atoms with Gasteiger partial charge in [0.15, 0.2) is 11.5 Å². The molecule has 0 aliphatic carbocycles. The lowest BCUT2D eigenvalue weighted by molar-refractivity contribution is -0.154. The summed E-state index contributed by atoms with van der Waals surface area (Å²) in [6.45, 7) is 6.08. The summed E-state index contributed by atoms with van der Waals surface area (Å²) < 4.78 is 62.8. The predicted molar refractivity (Wildman–Crippen MR) is 140 cm³/mol. The highest BCUT2D eigenvalue weighted by Crippen LogP contribution is 2.40. The molecular weight excluding hydrogens is 513 g/mol. The van der Waals surface area contributed by atoms with Crippen LogP contribution in [0.2, 0.25) is 0 Å². The minimum Gasteiger partial charge on any atom is -0.490 e. The lowest BCUT2D eigenvalue weighted by atomic mass is 10.0. The molecule has 3 aromatic carbocycles. The Hall–Kier alpha value is -4.53. The van der Waals surface area contributed by atoms with Crippen LogP contribution < -0.4 is 19.6 Å². The van der Waals surface area contributed by atoms with Gasteiger partial charge in [0.25, 0.3) is 5.76 Å². The van der Waals surface area contributed by atoms with Crippen LogP contribution in [0.5, 0.6) is 23.0 Å². The van der Waals surface area contributed by atoms with E-state index in [4.69, 9.17) is 18.6 Å². The van der Waals surface area contributed by atoms with Crippen molar-refractivity contribution in [1.82, 2.24) is 0 Å². The molecule has 1 heterocycles. The SMILES string of the molecule is CCOc1ccccc1Oc1c(C(F)(F)F)oc2cc(OC(=O)/C=C/c3ccc(C(C)C)cc3)ccc2c1=O. The Labute approximate surface area is 222 Å². The molecule has 0 saturated carbocycles. The van der Waals surface area contributed by atoms with Crippen molar-refractivity contribution >= 4 is 23.0 Å². The van der Waals surface area contributed by atoms with Crippen molar-refractivity contribution in [3.63, 3.8) is 0 Å². The highest BCUT2D eigenvalue weighted by molar-refractivity contribution is 5.89. The van der Waals surface area contributed by atoms with Gasteiger partial charge in [0.2, 0.25) is 11.2 Å². The second kappa shape index (κ2) is 11.5. The average molecular weight is 539 g/mol. The number of esters is 1. The van der Waals surface area contributed by atoms with Crippen LogP contribution in [0.4, 0.5) is 13.2 Å². The lowest BCUT2D eigenvalue weighted by Crippen LogP contribution is -2.16. The average Bonchev–Trinajstić information content (AvgIpc) is 2.89. The van der Waals surface area contributed by atoms with Crippen LogP contribution >= 0.6 is 0 Å². The van der Waals surface area contributed by atoms with E-state index in [-0.39, 0.29) is 29.2 Å². The highest BCUT2D eigenvalue weighted by Gasteiger charge is 2.40. The van der Waals surface area contributed by atoms with E-state index in [9.17, 15) is 22.8 Å². The topological polar surface area (TPSA) is 75.0 Å². The fourth-order valence-electron chi connectivity index (χ4n) is 3.72. The van der Waals surface area contributed by atoms with Crippen molar-refractivity contribution in [3.05, 3.63) is 99.9 Å². The Balaban J connectivity index is 1.63. The number of hydrogen-bond donors (Lipinski definition) is 0. The molecule has 0 aliphatic rings. The summed E-state index contributed by atoms with van der Waals surface area (Å²) in [5, 5.41) is -0.188. The van der Waals surface area contributed by atoms with Crippen LogP contribution in [0.25, 0.3) is 17.0 Å². The summed E-state index contributed by atoms with van der Waals surface area (Å²) in [4.78, 5) is 25.4. The first-order valence-corrected chi connectivity index (χ1v) is 12.1. The molecule has 0 fully saturated rings. The molecule has 202 valence electrons. The molecule has 0 unspecified atom stereocenters. The van der Waals surface area contributed by atoms with E-state index in [0.717, 1.165) is 17.2 Å². The van der Waals surface area contributed by atoms with Crippen molar-refractivity contribution in [3.8, 4) is 23.0 Å². The minimum atomic E-state index is -5.05. The van der Waals surface area contributed by atoms with Crippen LogP contribution in [-0.2, 0) is 11.0 Å². The van der Waals surface area contributed by atoms with Crippen molar-refractivity contribution in [1.29, 1.82) is 0 Å². The Kier molecular flexibility index (Phi) is 8.09. The molecule has 4 aromatic rings. The minimum absolute atomic E-state index is 0.0762. The molecule has 1 aromatic heterocycles. The lowest BCUT2D eigenvalue weighted by Gasteiger charge is -2.15. The summed E-state index contributed by atoms with van der Waals surface area (Å²) in [6, 6.07) is 17.2. The van der Waals surface area contributed by atoms with Crippen LogP contribution in [0, 0.1) is 0 Å². The first-order chi connectivity index (χ1) is 18.6. The maximum absolute atomic E-state index is 13.9. The van der Waals surface area contributed by atoms with E-state index in [1.807, 2.05) is 24.3 Å². The zero-order valence-corrected chi connectivity index (χ0v) is 21.4. The normalized spacial score (nSPS) is 11.8. The molecule has 0 aliphatic heterocycles. The van der Waals surface area contributed by atoms with E-state index in [0.29, 0.717) is 5.92 Å². The van der Waals surface area contributed by atoms with E-state index in [1.54, 1.807) is 19.1 Å². The van der Waals surface area contributed by atoms with Gasteiger partial charge in [-0.25, -0.2) is 4.79 Å². The van der Waals surface area contributed by atoms with Gasteiger partial charge in [0.1, 0.15) is 11.3 Å². The fraction of sp³-hybridized carbons (Fsp3) is 0.200. The number of benzene rings is 3. The van der Waals surface area contributed by atoms with Crippen molar-refractivity contribution < 1.29 is 36.6 Å². The number of rotatable bonds is 8. The number of ether oxygens (including phenoxy) is 3. The van der Waals surface area contributed by atoms with Gasteiger partial charge in [-0.2, -0.15) is 13.2 Å². The van der Waals surface area contributed by atoms with Gasteiger partial charge in [-0.15, -0.1) is 0 Å². The summed E-state index contributed by atoms with van der Waals surface area (Å²) in [7, 11) is 0. The molecule has 0 atom stereocenters. The summed E-state index contributed by atoms with van der Waals surface area (Å²) >= 11 is 0. The largest absolute Gasteiger partial charge is 0.490 e. The summed E-state index contributed by atoms with van der Waals surface area (Å²) in [5.41, 5.74) is 0.459. The number of para-hydroxylation sites is 2. The van der Waals surface area contributed by atoms with E-state index < -0.39 is 34.7 Å². The van der Waals surface area contributed by atoms with Gasteiger partial charge >= 0.3 is 12.1 Å². The highest BCUT2D eigenvalue weighted by atomic mass is 19.4. The molecule has 0 N–H and O–H groups in total. The molecule has 0 radical (unpaired) electrons.